The van der Waals surface area contributed by atoms with Crippen molar-refractivity contribution in [3.8, 4) is 33.8 Å². The average Bonchev–Trinajstić information content (AvgIpc) is 3.43. The maximum atomic E-state index is 13.6. The van der Waals surface area contributed by atoms with Crippen LogP contribution < -0.4 is 0 Å². The fourth-order valence-corrected chi connectivity index (χ4v) is 4.90. The predicted molar refractivity (Wildman–Crippen MR) is 127 cm³/mol. The molecule has 1 N–H and O–H groups in total. The molecular weight excluding hydrogens is 431 g/mol. The van der Waals surface area contributed by atoms with E-state index in [1.54, 1.807) is 12.1 Å². The quantitative estimate of drug-likeness (QED) is 0.368. The average molecular weight is 455 g/mol. The van der Waals surface area contributed by atoms with E-state index in [-0.39, 0.29) is 5.82 Å². The molecule has 0 saturated heterocycles. The molecule has 0 bridgehead atoms. The summed E-state index contributed by atoms with van der Waals surface area (Å²) < 4.78 is 21.6. The molecule has 170 valence electrons. The number of hydrogen-bond donors (Lipinski definition) is 1. The van der Waals surface area contributed by atoms with Crippen molar-refractivity contribution in [3.63, 3.8) is 0 Å². The van der Waals surface area contributed by atoms with Gasteiger partial charge in [0.15, 0.2) is 0 Å². The van der Waals surface area contributed by atoms with E-state index in [4.69, 9.17) is 9.52 Å². The van der Waals surface area contributed by atoms with Crippen molar-refractivity contribution in [2.24, 2.45) is 5.92 Å². The van der Waals surface area contributed by atoms with E-state index < -0.39 is 5.60 Å². The number of aliphatic hydroxyl groups is 1. The first kappa shape index (κ1) is 20.7. The molecule has 1 aliphatic carbocycles. The van der Waals surface area contributed by atoms with Crippen LogP contribution in [0.1, 0.15) is 19.8 Å². The summed E-state index contributed by atoms with van der Waals surface area (Å²) in [6, 6.07) is 18.1. The van der Waals surface area contributed by atoms with Gasteiger partial charge in [-0.05, 0) is 56.0 Å². The maximum Gasteiger partial charge on any atom is 0.230 e. The van der Waals surface area contributed by atoms with E-state index in [1.807, 2.05) is 54.2 Å². The first-order chi connectivity index (χ1) is 16.4. The minimum absolute atomic E-state index is 0.298. The fourth-order valence-electron chi connectivity index (χ4n) is 4.90. The lowest BCUT2D eigenvalue weighted by Crippen LogP contribution is -2.42. The monoisotopic (exact) mass is 454 g/mol. The second-order valence-corrected chi connectivity index (χ2v) is 9.31. The lowest BCUT2D eigenvalue weighted by atomic mass is 9.72. The molecule has 1 saturated carbocycles. The highest BCUT2D eigenvalue weighted by molar-refractivity contribution is 5.95. The highest BCUT2D eigenvalue weighted by Gasteiger charge is 2.38. The van der Waals surface area contributed by atoms with E-state index in [0.29, 0.717) is 35.3 Å². The zero-order chi connectivity index (χ0) is 23.3. The predicted octanol–water partition coefficient (Wildman–Crippen LogP) is 5.72. The number of halogens is 1. The van der Waals surface area contributed by atoms with Gasteiger partial charge in [0.1, 0.15) is 23.6 Å². The lowest BCUT2D eigenvalue weighted by molar-refractivity contribution is -0.0626. The highest BCUT2D eigenvalue weighted by atomic mass is 19.1. The molecule has 6 rings (SSSR count). The van der Waals surface area contributed by atoms with Crippen molar-refractivity contribution in [3.05, 3.63) is 79.0 Å². The van der Waals surface area contributed by atoms with Gasteiger partial charge in [0, 0.05) is 29.4 Å². The van der Waals surface area contributed by atoms with Crippen molar-refractivity contribution in [2.45, 2.75) is 31.9 Å². The van der Waals surface area contributed by atoms with Crippen LogP contribution in [0.4, 0.5) is 4.39 Å². The molecular formula is C27H23FN4O2. The summed E-state index contributed by atoms with van der Waals surface area (Å²) in [5.41, 5.74) is 3.91. The van der Waals surface area contributed by atoms with Crippen molar-refractivity contribution in [1.82, 2.24) is 19.7 Å². The number of furan rings is 1. The zero-order valence-corrected chi connectivity index (χ0v) is 18.6. The van der Waals surface area contributed by atoms with E-state index in [1.165, 1.54) is 18.5 Å². The number of benzene rings is 2. The third-order valence-corrected chi connectivity index (χ3v) is 6.42. The molecule has 5 aromatic rings. The van der Waals surface area contributed by atoms with Crippen LogP contribution in [0.25, 0.3) is 44.9 Å². The van der Waals surface area contributed by atoms with Crippen LogP contribution in [-0.4, -0.2) is 30.5 Å². The van der Waals surface area contributed by atoms with Gasteiger partial charge in [-0.1, -0.05) is 30.3 Å². The standard InChI is InChI=1S/C27H23FN4O2/c1-27(33)12-17(13-27)14-32-15-22(24(31-32)19-7-9-20(28)10-8-19)25-21-11-23(18-5-3-2-4-6-18)34-26(21)30-16-29-25/h2-11,15-17,33H,12-14H2,1H3/t17-,27+. The Morgan fingerprint density at radius 3 is 2.53 bits per heavy atom. The van der Waals surface area contributed by atoms with Gasteiger partial charge in [0.25, 0.3) is 0 Å². The van der Waals surface area contributed by atoms with Gasteiger partial charge in [-0.25, -0.2) is 14.4 Å². The third-order valence-electron chi connectivity index (χ3n) is 6.42. The molecule has 0 atom stereocenters. The Morgan fingerprint density at radius 2 is 1.79 bits per heavy atom. The van der Waals surface area contributed by atoms with Crippen molar-refractivity contribution < 1.29 is 13.9 Å². The Labute approximate surface area is 195 Å². The molecule has 2 aromatic carbocycles. The smallest absolute Gasteiger partial charge is 0.230 e. The van der Waals surface area contributed by atoms with Gasteiger partial charge in [0.2, 0.25) is 5.71 Å². The molecule has 6 nitrogen and oxygen atoms in total. The molecule has 7 heteroatoms. The van der Waals surface area contributed by atoms with E-state index in [0.717, 1.165) is 34.9 Å². The SMILES string of the molecule is C[C@]1(O)C[C@@H](Cn2cc(-c3ncnc4oc(-c5ccccc5)cc34)c(-c3ccc(F)cc3)n2)C1. The normalized spacial score (nSPS) is 19.9. The Morgan fingerprint density at radius 1 is 1.03 bits per heavy atom. The molecule has 0 spiro atoms. The minimum Gasteiger partial charge on any atom is -0.438 e. The van der Waals surface area contributed by atoms with Gasteiger partial charge >= 0.3 is 0 Å². The number of fused-ring (bicyclic) bond motifs is 1. The van der Waals surface area contributed by atoms with E-state index in [9.17, 15) is 9.50 Å². The Kier molecular flexibility index (Phi) is 4.81. The molecule has 0 unspecified atom stereocenters. The summed E-state index contributed by atoms with van der Waals surface area (Å²) in [5, 5.41) is 15.8. The number of aromatic nitrogens is 4. The van der Waals surface area contributed by atoms with Crippen molar-refractivity contribution >= 4 is 11.1 Å². The van der Waals surface area contributed by atoms with Crippen molar-refractivity contribution in [2.75, 3.05) is 0 Å². The first-order valence-corrected chi connectivity index (χ1v) is 11.3. The summed E-state index contributed by atoms with van der Waals surface area (Å²) in [6.07, 6.45) is 4.95. The minimum atomic E-state index is -0.593. The number of rotatable bonds is 5. The van der Waals surface area contributed by atoms with E-state index in [2.05, 4.69) is 9.97 Å². The summed E-state index contributed by atoms with van der Waals surface area (Å²) in [4.78, 5) is 8.94. The van der Waals surface area contributed by atoms with Crippen LogP contribution >= 0.6 is 0 Å². The number of nitrogens with zero attached hydrogens (tertiary/aromatic N) is 4. The van der Waals surface area contributed by atoms with Gasteiger partial charge < -0.3 is 9.52 Å². The topological polar surface area (TPSA) is 77.0 Å². The summed E-state index contributed by atoms with van der Waals surface area (Å²) in [7, 11) is 0. The first-order valence-electron chi connectivity index (χ1n) is 11.3. The summed E-state index contributed by atoms with van der Waals surface area (Å²) >= 11 is 0. The second-order valence-electron chi connectivity index (χ2n) is 9.31. The van der Waals surface area contributed by atoms with Gasteiger partial charge in [-0.2, -0.15) is 5.10 Å². The molecule has 1 aliphatic rings. The maximum absolute atomic E-state index is 13.6. The van der Waals surface area contributed by atoms with Crippen molar-refractivity contribution in [1.29, 1.82) is 0 Å². The van der Waals surface area contributed by atoms with Crippen LogP contribution in [0, 0.1) is 11.7 Å². The molecule has 1 fully saturated rings. The van der Waals surface area contributed by atoms with Gasteiger partial charge in [-0.15, -0.1) is 0 Å². The largest absolute Gasteiger partial charge is 0.438 e. The summed E-state index contributed by atoms with van der Waals surface area (Å²) in [5.74, 6) is 0.769. The van der Waals surface area contributed by atoms with Crippen LogP contribution in [-0.2, 0) is 6.54 Å². The molecule has 0 radical (unpaired) electrons. The molecule has 3 heterocycles. The van der Waals surface area contributed by atoms with Crippen LogP contribution in [0.2, 0.25) is 0 Å². The highest BCUT2D eigenvalue weighted by Crippen LogP contribution is 2.40. The molecule has 0 amide bonds. The van der Waals surface area contributed by atoms with Crippen LogP contribution in [0.3, 0.4) is 0 Å². The third kappa shape index (κ3) is 3.78. The molecule has 34 heavy (non-hydrogen) atoms. The second kappa shape index (κ2) is 7.88. The zero-order valence-electron chi connectivity index (χ0n) is 18.6. The Balaban J connectivity index is 1.46. The lowest BCUT2D eigenvalue weighted by Gasteiger charge is -2.40. The molecule has 0 aliphatic heterocycles. The van der Waals surface area contributed by atoms with Gasteiger partial charge in [-0.3, -0.25) is 4.68 Å². The Hall–Kier alpha value is -3.84. The summed E-state index contributed by atoms with van der Waals surface area (Å²) in [6.45, 7) is 2.56. The molecule has 3 aromatic heterocycles. The van der Waals surface area contributed by atoms with E-state index >= 15 is 0 Å². The Bertz CT molecular complexity index is 1460. The fraction of sp³-hybridized carbons (Fsp3) is 0.222. The van der Waals surface area contributed by atoms with Crippen LogP contribution in [0.5, 0.6) is 0 Å². The van der Waals surface area contributed by atoms with Crippen LogP contribution in [0.15, 0.2) is 77.6 Å². The number of hydrogen-bond acceptors (Lipinski definition) is 5. The van der Waals surface area contributed by atoms with Gasteiger partial charge in [0.05, 0.1) is 16.7 Å².